The fourth-order valence-electron chi connectivity index (χ4n) is 2.14. The fraction of sp³-hybridized carbons (Fsp3) is 0.500. The highest BCUT2D eigenvalue weighted by Gasteiger charge is 2.41. The van der Waals surface area contributed by atoms with Crippen LogP contribution in [0, 0.1) is 0 Å². The average Bonchev–Trinajstić information content (AvgIpc) is 2.63. The summed E-state index contributed by atoms with van der Waals surface area (Å²) < 4.78 is 37.4. The maximum atomic E-state index is 12.5. The van der Waals surface area contributed by atoms with Crippen molar-refractivity contribution < 1.29 is 22.8 Å². The predicted molar refractivity (Wildman–Crippen MR) is 65.2 cm³/mol. The molecule has 1 fully saturated rings. The summed E-state index contributed by atoms with van der Waals surface area (Å²) in [6, 6.07) is 0. The quantitative estimate of drug-likeness (QED) is 0.734. The summed E-state index contributed by atoms with van der Waals surface area (Å²) in [6.07, 6.45) is -0.455. The van der Waals surface area contributed by atoms with Crippen molar-refractivity contribution in [2.24, 2.45) is 0 Å². The number of halogens is 3. The van der Waals surface area contributed by atoms with Crippen LogP contribution in [0.15, 0.2) is 23.4 Å². The molecule has 1 aliphatic carbocycles. The fourth-order valence-corrected chi connectivity index (χ4v) is 2.75. The lowest BCUT2D eigenvalue weighted by Crippen LogP contribution is -2.31. The van der Waals surface area contributed by atoms with E-state index < -0.39 is 17.0 Å². The summed E-state index contributed by atoms with van der Waals surface area (Å²) in [4.78, 5) is 24.7. The number of thioether (sulfide) groups is 1. The van der Waals surface area contributed by atoms with Gasteiger partial charge in [0.25, 0.3) is 0 Å². The van der Waals surface area contributed by atoms with Crippen LogP contribution < -0.4 is 0 Å². The van der Waals surface area contributed by atoms with Crippen molar-refractivity contribution in [1.82, 2.24) is 4.90 Å². The van der Waals surface area contributed by atoms with E-state index in [2.05, 4.69) is 0 Å². The molecule has 7 heteroatoms. The zero-order valence-corrected chi connectivity index (χ0v) is 11.0. The number of likely N-dealkylation sites (tertiary alicyclic amines) is 1. The molecule has 2 aliphatic rings. The Morgan fingerprint density at radius 3 is 2.37 bits per heavy atom. The zero-order chi connectivity index (χ0) is 14.2. The third-order valence-electron chi connectivity index (χ3n) is 3.17. The van der Waals surface area contributed by atoms with Gasteiger partial charge in [0.05, 0.1) is 5.25 Å². The number of amides is 2. The molecule has 0 aromatic heterocycles. The molecule has 1 atom stereocenters. The second-order valence-electron chi connectivity index (χ2n) is 4.34. The maximum Gasteiger partial charge on any atom is 0.412 e. The minimum Gasteiger partial charge on any atom is -0.274 e. The number of rotatable bonds is 2. The summed E-state index contributed by atoms with van der Waals surface area (Å²) in [7, 11) is 0. The summed E-state index contributed by atoms with van der Waals surface area (Å²) in [5.41, 5.74) is -0.267. The molecule has 1 aliphatic heterocycles. The van der Waals surface area contributed by atoms with Gasteiger partial charge in [0.15, 0.2) is 0 Å². The highest BCUT2D eigenvalue weighted by molar-refractivity contribution is 8.00. The molecule has 0 aromatic rings. The molecular weight excluding hydrogens is 279 g/mol. The molecule has 3 nitrogen and oxygen atoms in total. The van der Waals surface area contributed by atoms with E-state index >= 15 is 0 Å². The molecule has 2 amide bonds. The van der Waals surface area contributed by atoms with Crippen LogP contribution in [0.3, 0.4) is 0 Å². The van der Waals surface area contributed by atoms with Crippen LogP contribution in [0.25, 0.3) is 0 Å². The Labute approximate surface area is 112 Å². The van der Waals surface area contributed by atoms with Gasteiger partial charge in [0, 0.05) is 17.7 Å². The van der Waals surface area contributed by atoms with Gasteiger partial charge in [-0.3, -0.25) is 14.5 Å². The van der Waals surface area contributed by atoms with E-state index in [0.29, 0.717) is 5.70 Å². The van der Waals surface area contributed by atoms with Crippen molar-refractivity contribution >= 4 is 23.6 Å². The Balaban J connectivity index is 2.21. The Bertz CT molecular complexity index is 482. The van der Waals surface area contributed by atoms with Crippen LogP contribution in [0.4, 0.5) is 13.2 Å². The number of nitrogens with zero attached hydrogens (tertiary/aromatic N) is 1. The lowest BCUT2D eigenvalue weighted by Gasteiger charge is -2.22. The van der Waals surface area contributed by atoms with E-state index in [1.54, 1.807) is 6.26 Å². The van der Waals surface area contributed by atoms with Crippen molar-refractivity contribution in [2.75, 3.05) is 6.26 Å². The van der Waals surface area contributed by atoms with E-state index in [9.17, 15) is 22.8 Å². The SMILES string of the molecule is CSC1CC(=O)N(C2=CC=C(C(F)(F)F)CC2)C1=O. The first kappa shape index (κ1) is 14.2. The first-order valence-electron chi connectivity index (χ1n) is 5.71. The Hall–Kier alpha value is -1.24. The van der Waals surface area contributed by atoms with Crippen LogP contribution in [-0.2, 0) is 9.59 Å². The molecule has 19 heavy (non-hydrogen) atoms. The average molecular weight is 291 g/mol. The lowest BCUT2D eigenvalue weighted by atomic mass is 10.0. The Kier molecular flexibility index (Phi) is 3.75. The zero-order valence-electron chi connectivity index (χ0n) is 10.2. The van der Waals surface area contributed by atoms with Gasteiger partial charge in [-0.15, -0.1) is 0 Å². The van der Waals surface area contributed by atoms with Gasteiger partial charge in [-0.25, -0.2) is 0 Å². The van der Waals surface area contributed by atoms with Gasteiger partial charge in [-0.2, -0.15) is 24.9 Å². The predicted octanol–water partition coefficient (Wildman–Crippen LogP) is 2.64. The number of alkyl halides is 3. The third-order valence-corrected chi connectivity index (χ3v) is 4.11. The summed E-state index contributed by atoms with van der Waals surface area (Å²) in [5, 5.41) is -0.415. The summed E-state index contributed by atoms with van der Waals surface area (Å²) >= 11 is 1.28. The molecule has 2 rings (SSSR count). The van der Waals surface area contributed by atoms with Crippen LogP contribution in [-0.4, -0.2) is 34.4 Å². The lowest BCUT2D eigenvalue weighted by molar-refractivity contribution is -0.136. The number of hydrogen-bond acceptors (Lipinski definition) is 3. The number of imide groups is 1. The number of allylic oxidation sites excluding steroid dienone is 4. The molecule has 0 spiro atoms. The molecule has 0 N–H and O–H groups in total. The molecule has 0 radical (unpaired) electrons. The Morgan fingerprint density at radius 1 is 1.26 bits per heavy atom. The second kappa shape index (κ2) is 5.03. The van der Waals surface area contributed by atoms with E-state index in [4.69, 9.17) is 0 Å². The third kappa shape index (κ3) is 2.70. The normalized spacial score (nSPS) is 24.6. The van der Waals surface area contributed by atoms with Gasteiger partial charge in [0.1, 0.15) is 0 Å². The second-order valence-corrected chi connectivity index (χ2v) is 5.38. The molecule has 1 heterocycles. The van der Waals surface area contributed by atoms with Crippen molar-refractivity contribution in [3.8, 4) is 0 Å². The Morgan fingerprint density at radius 2 is 1.95 bits per heavy atom. The van der Waals surface area contributed by atoms with E-state index in [1.807, 2.05) is 0 Å². The molecular formula is C12H12F3NO2S. The van der Waals surface area contributed by atoms with Crippen molar-refractivity contribution in [2.45, 2.75) is 30.7 Å². The van der Waals surface area contributed by atoms with Crippen molar-refractivity contribution in [1.29, 1.82) is 0 Å². The van der Waals surface area contributed by atoms with E-state index in [-0.39, 0.29) is 31.1 Å². The van der Waals surface area contributed by atoms with E-state index in [1.165, 1.54) is 17.8 Å². The monoisotopic (exact) mass is 291 g/mol. The molecule has 0 aromatic carbocycles. The van der Waals surface area contributed by atoms with E-state index in [0.717, 1.165) is 11.0 Å². The molecule has 104 valence electrons. The number of carbonyl (C=O) groups excluding carboxylic acids is 2. The van der Waals surface area contributed by atoms with Crippen LogP contribution in [0.5, 0.6) is 0 Å². The first-order chi connectivity index (χ1) is 8.84. The molecule has 0 saturated carbocycles. The highest BCUT2D eigenvalue weighted by atomic mass is 32.2. The van der Waals surface area contributed by atoms with Gasteiger partial charge in [-0.1, -0.05) is 6.08 Å². The minimum atomic E-state index is -4.34. The standard InChI is InChI=1S/C12H12F3NO2S/c1-19-9-6-10(17)16(11(9)18)8-4-2-7(3-5-8)12(13,14)15/h2,4,9H,3,5-6H2,1H3. The molecule has 1 unspecified atom stereocenters. The van der Waals surface area contributed by atoms with Gasteiger partial charge >= 0.3 is 6.18 Å². The smallest absolute Gasteiger partial charge is 0.274 e. The number of carbonyl (C=O) groups is 2. The minimum absolute atomic E-state index is 0.0594. The molecule has 0 bridgehead atoms. The van der Waals surface area contributed by atoms with Gasteiger partial charge < -0.3 is 0 Å². The largest absolute Gasteiger partial charge is 0.412 e. The summed E-state index contributed by atoms with van der Waals surface area (Å²) in [5.74, 6) is -0.660. The first-order valence-corrected chi connectivity index (χ1v) is 7.00. The van der Waals surface area contributed by atoms with Crippen molar-refractivity contribution in [3.05, 3.63) is 23.4 Å². The van der Waals surface area contributed by atoms with Gasteiger partial charge in [0.2, 0.25) is 11.8 Å². The van der Waals surface area contributed by atoms with Crippen LogP contribution >= 0.6 is 11.8 Å². The van der Waals surface area contributed by atoms with Crippen LogP contribution in [0.1, 0.15) is 19.3 Å². The molecule has 1 saturated heterocycles. The van der Waals surface area contributed by atoms with Gasteiger partial charge in [-0.05, 0) is 25.2 Å². The topological polar surface area (TPSA) is 37.4 Å². The van der Waals surface area contributed by atoms with Crippen LogP contribution in [0.2, 0.25) is 0 Å². The maximum absolute atomic E-state index is 12.5. The van der Waals surface area contributed by atoms with Crippen molar-refractivity contribution in [3.63, 3.8) is 0 Å². The summed E-state index contributed by atoms with van der Waals surface area (Å²) in [6.45, 7) is 0. The number of hydrogen-bond donors (Lipinski definition) is 0. The highest BCUT2D eigenvalue weighted by Crippen LogP contribution is 2.35.